The van der Waals surface area contributed by atoms with Crippen LogP contribution in [0, 0.1) is 6.92 Å². The Morgan fingerprint density at radius 1 is 1.29 bits per heavy atom. The highest BCUT2D eigenvalue weighted by Crippen LogP contribution is 2.18. The third-order valence-corrected chi connectivity index (χ3v) is 3.56. The topological polar surface area (TPSA) is 67.2 Å². The molecular formula is C16H21N3O2. The largest absolute Gasteiger partial charge is 0.360 e. The van der Waals surface area contributed by atoms with E-state index < -0.39 is 0 Å². The molecule has 1 aromatic carbocycles. The minimum Gasteiger partial charge on any atom is -0.360 e. The molecule has 0 fully saturated rings. The smallest absolute Gasteiger partial charge is 0.239 e. The minimum atomic E-state index is -0.129. The number of carbonyl (C=O) groups excluding carboxylic acids is 1. The number of hydrogen-bond acceptors (Lipinski definition) is 4. The van der Waals surface area contributed by atoms with E-state index >= 15 is 0 Å². The molecule has 0 unspecified atom stereocenters. The Bertz CT molecular complexity index is 580. The van der Waals surface area contributed by atoms with Crippen LogP contribution in [-0.2, 0) is 4.79 Å². The van der Waals surface area contributed by atoms with Crippen molar-refractivity contribution in [3.63, 3.8) is 0 Å². The van der Waals surface area contributed by atoms with E-state index in [4.69, 9.17) is 4.52 Å². The van der Waals surface area contributed by atoms with Gasteiger partial charge in [0.05, 0.1) is 6.54 Å². The van der Waals surface area contributed by atoms with Crippen LogP contribution < -0.4 is 10.6 Å². The van der Waals surface area contributed by atoms with Gasteiger partial charge in [-0.05, 0) is 25.3 Å². The fraction of sp³-hybridized carbons (Fsp3) is 0.375. The van der Waals surface area contributed by atoms with Gasteiger partial charge >= 0.3 is 0 Å². The van der Waals surface area contributed by atoms with Gasteiger partial charge in [0, 0.05) is 12.1 Å². The molecule has 0 aliphatic rings. The molecule has 2 N–H and O–H groups in total. The maximum absolute atomic E-state index is 11.8. The normalized spacial score (nSPS) is 13.7. The predicted octanol–water partition coefficient (Wildman–Crippen LogP) is 2.70. The third kappa shape index (κ3) is 4.43. The number of amides is 1. The van der Waals surface area contributed by atoms with Crippen molar-refractivity contribution in [2.75, 3.05) is 11.9 Å². The second kappa shape index (κ2) is 7.04. The lowest BCUT2D eigenvalue weighted by Crippen LogP contribution is -2.37. The summed E-state index contributed by atoms with van der Waals surface area (Å²) < 4.78 is 4.90. The first kappa shape index (κ1) is 15.3. The van der Waals surface area contributed by atoms with Gasteiger partial charge < -0.3 is 15.2 Å². The summed E-state index contributed by atoms with van der Waals surface area (Å²) in [4.78, 5) is 11.8. The molecule has 0 saturated heterocycles. The van der Waals surface area contributed by atoms with Crippen LogP contribution in [0.2, 0.25) is 0 Å². The highest BCUT2D eigenvalue weighted by molar-refractivity contribution is 5.91. The molecule has 1 aromatic heterocycles. The van der Waals surface area contributed by atoms with Crippen molar-refractivity contribution in [1.29, 1.82) is 0 Å². The van der Waals surface area contributed by atoms with E-state index in [1.165, 1.54) is 5.56 Å². The van der Waals surface area contributed by atoms with Crippen LogP contribution in [0.15, 0.2) is 40.9 Å². The van der Waals surface area contributed by atoms with Gasteiger partial charge in [0.2, 0.25) is 5.91 Å². The molecule has 2 aromatic rings. The molecular weight excluding hydrogens is 266 g/mol. The Morgan fingerprint density at radius 3 is 2.62 bits per heavy atom. The summed E-state index contributed by atoms with van der Waals surface area (Å²) in [6.45, 7) is 6.24. The summed E-state index contributed by atoms with van der Waals surface area (Å²) in [5.74, 6) is 1.32. The number of rotatable bonds is 6. The average Bonchev–Trinajstić information content (AvgIpc) is 2.90. The van der Waals surface area contributed by atoms with E-state index in [1.807, 2.05) is 18.2 Å². The number of carbonyl (C=O) groups is 1. The fourth-order valence-corrected chi connectivity index (χ4v) is 2.09. The molecule has 0 aliphatic heterocycles. The average molecular weight is 287 g/mol. The van der Waals surface area contributed by atoms with Gasteiger partial charge in [-0.25, -0.2) is 0 Å². The lowest BCUT2D eigenvalue weighted by atomic mass is 9.94. The quantitative estimate of drug-likeness (QED) is 0.857. The van der Waals surface area contributed by atoms with E-state index in [0.29, 0.717) is 17.5 Å². The molecule has 0 saturated carbocycles. The second-order valence-electron chi connectivity index (χ2n) is 5.24. The number of aryl methyl sites for hydroxylation is 1. The van der Waals surface area contributed by atoms with Crippen molar-refractivity contribution >= 4 is 11.7 Å². The Balaban J connectivity index is 1.80. The van der Waals surface area contributed by atoms with Gasteiger partial charge in [-0.2, -0.15) is 0 Å². The minimum absolute atomic E-state index is 0.129. The first-order valence-electron chi connectivity index (χ1n) is 7.07. The van der Waals surface area contributed by atoms with Crippen LogP contribution in [0.3, 0.4) is 0 Å². The second-order valence-corrected chi connectivity index (χ2v) is 5.24. The molecule has 1 amide bonds. The van der Waals surface area contributed by atoms with E-state index in [-0.39, 0.29) is 18.5 Å². The molecule has 112 valence electrons. The summed E-state index contributed by atoms with van der Waals surface area (Å²) in [6, 6.07) is 12.1. The van der Waals surface area contributed by atoms with Gasteiger partial charge in [0.25, 0.3) is 0 Å². The summed E-state index contributed by atoms with van der Waals surface area (Å²) in [5.41, 5.74) is 1.25. The lowest BCUT2D eigenvalue weighted by molar-refractivity contribution is -0.115. The number of anilines is 1. The van der Waals surface area contributed by atoms with Crippen molar-refractivity contribution in [3.8, 4) is 0 Å². The fourth-order valence-electron chi connectivity index (χ4n) is 2.09. The van der Waals surface area contributed by atoms with Crippen LogP contribution >= 0.6 is 0 Å². The molecule has 5 heteroatoms. The molecule has 0 spiro atoms. The van der Waals surface area contributed by atoms with Gasteiger partial charge in [0.15, 0.2) is 5.82 Å². The first-order valence-corrected chi connectivity index (χ1v) is 7.07. The molecule has 2 rings (SSSR count). The predicted molar refractivity (Wildman–Crippen MR) is 82.2 cm³/mol. The summed E-state index contributed by atoms with van der Waals surface area (Å²) >= 11 is 0. The molecule has 0 bridgehead atoms. The van der Waals surface area contributed by atoms with Crippen molar-refractivity contribution in [1.82, 2.24) is 10.5 Å². The van der Waals surface area contributed by atoms with Crippen LogP contribution in [0.1, 0.15) is 31.1 Å². The molecule has 0 radical (unpaired) electrons. The number of aromatic nitrogens is 1. The number of nitrogens with one attached hydrogen (secondary N) is 2. The number of benzene rings is 1. The van der Waals surface area contributed by atoms with Gasteiger partial charge in [-0.3, -0.25) is 4.79 Å². The highest BCUT2D eigenvalue weighted by Gasteiger charge is 2.15. The zero-order chi connectivity index (χ0) is 15.2. The van der Waals surface area contributed by atoms with Crippen LogP contribution in [0.25, 0.3) is 0 Å². The zero-order valence-corrected chi connectivity index (χ0v) is 12.6. The van der Waals surface area contributed by atoms with Gasteiger partial charge in [0.1, 0.15) is 5.76 Å². The van der Waals surface area contributed by atoms with E-state index in [9.17, 15) is 4.79 Å². The van der Waals surface area contributed by atoms with Crippen molar-refractivity contribution in [2.24, 2.45) is 0 Å². The molecule has 21 heavy (non-hydrogen) atoms. The molecule has 2 atom stereocenters. The molecule has 5 nitrogen and oxygen atoms in total. The third-order valence-electron chi connectivity index (χ3n) is 3.56. The van der Waals surface area contributed by atoms with Gasteiger partial charge in [-0.15, -0.1) is 0 Å². The van der Waals surface area contributed by atoms with Gasteiger partial charge in [-0.1, -0.05) is 42.4 Å². The monoisotopic (exact) mass is 287 g/mol. The molecule has 1 heterocycles. The van der Waals surface area contributed by atoms with Crippen LogP contribution in [0.4, 0.5) is 5.82 Å². The van der Waals surface area contributed by atoms with Crippen molar-refractivity contribution in [2.45, 2.75) is 32.7 Å². The van der Waals surface area contributed by atoms with Crippen LogP contribution in [0.5, 0.6) is 0 Å². The maximum atomic E-state index is 11.8. The summed E-state index contributed by atoms with van der Waals surface area (Å²) in [6.07, 6.45) is 0. The Kier molecular flexibility index (Phi) is 5.11. The van der Waals surface area contributed by atoms with E-state index in [2.05, 4.69) is 41.8 Å². The zero-order valence-electron chi connectivity index (χ0n) is 12.6. The Hall–Kier alpha value is -2.14. The maximum Gasteiger partial charge on any atom is 0.239 e. The Labute approximate surface area is 124 Å². The Morgan fingerprint density at radius 2 is 2.00 bits per heavy atom. The van der Waals surface area contributed by atoms with E-state index in [0.717, 1.165) is 0 Å². The van der Waals surface area contributed by atoms with Crippen LogP contribution in [-0.4, -0.2) is 23.7 Å². The standard InChI is InChI=1S/C16H21N3O2/c1-11-9-15(19-21-11)18-16(20)10-17-13(3)12(2)14-7-5-4-6-8-14/h4-9,12-13,17H,10H2,1-3H3,(H,18,19,20)/t12-,13-/m0/s1. The first-order chi connectivity index (χ1) is 10.1. The molecule has 0 aliphatic carbocycles. The lowest BCUT2D eigenvalue weighted by Gasteiger charge is -2.21. The van der Waals surface area contributed by atoms with Crippen molar-refractivity contribution in [3.05, 3.63) is 47.7 Å². The SMILES string of the molecule is Cc1cc(NC(=O)CN[C@@H](C)[C@H](C)c2ccccc2)no1. The number of hydrogen-bond donors (Lipinski definition) is 2. The highest BCUT2D eigenvalue weighted by atomic mass is 16.5. The number of nitrogens with zero attached hydrogens (tertiary/aromatic N) is 1. The van der Waals surface area contributed by atoms with Crippen molar-refractivity contribution < 1.29 is 9.32 Å². The summed E-state index contributed by atoms with van der Waals surface area (Å²) in [7, 11) is 0. The summed E-state index contributed by atoms with van der Waals surface area (Å²) in [5, 5.41) is 9.66. The van der Waals surface area contributed by atoms with E-state index in [1.54, 1.807) is 13.0 Å².